The Morgan fingerprint density at radius 1 is 1.10 bits per heavy atom. The second kappa shape index (κ2) is 8.82. The van der Waals surface area contributed by atoms with Crippen LogP contribution in [0.2, 0.25) is 0 Å². The standard InChI is InChI=1S/C23H24N2O4/c1-16(18-8-9-19-20(14-18)28-13-5-12-27-19)25-22(26)10-11-23-24-15-21(29-23)17-6-3-2-4-7-17/h2-4,6-9,14-16H,5,10-13H2,1H3,(H,25,26)/t16-/m0/s1. The van der Waals surface area contributed by atoms with Gasteiger partial charge in [0.05, 0.1) is 25.5 Å². The van der Waals surface area contributed by atoms with Gasteiger partial charge in [0.1, 0.15) is 0 Å². The van der Waals surface area contributed by atoms with E-state index in [1.165, 1.54) is 0 Å². The van der Waals surface area contributed by atoms with E-state index in [0.717, 1.165) is 29.0 Å². The first-order valence-corrected chi connectivity index (χ1v) is 9.88. The number of carbonyl (C=O) groups excluding carboxylic acids is 1. The van der Waals surface area contributed by atoms with E-state index in [9.17, 15) is 4.79 Å². The molecule has 1 aliphatic rings. The normalized spacial score (nSPS) is 14.1. The lowest BCUT2D eigenvalue weighted by Crippen LogP contribution is -2.26. The van der Waals surface area contributed by atoms with Gasteiger partial charge in [0.25, 0.3) is 0 Å². The molecule has 150 valence electrons. The zero-order valence-corrected chi connectivity index (χ0v) is 16.4. The molecular formula is C23H24N2O4. The second-order valence-electron chi connectivity index (χ2n) is 7.03. The number of oxazole rings is 1. The van der Waals surface area contributed by atoms with Crippen LogP contribution in [-0.2, 0) is 11.2 Å². The average Bonchev–Trinajstić information content (AvgIpc) is 3.10. The van der Waals surface area contributed by atoms with Crippen molar-refractivity contribution in [3.63, 3.8) is 0 Å². The Labute approximate surface area is 169 Å². The minimum Gasteiger partial charge on any atom is -0.490 e. The largest absolute Gasteiger partial charge is 0.490 e. The average molecular weight is 392 g/mol. The Hall–Kier alpha value is -3.28. The van der Waals surface area contributed by atoms with Crippen molar-refractivity contribution >= 4 is 5.91 Å². The van der Waals surface area contributed by atoms with Crippen molar-refractivity contribution in [2.24, 2.45) is 0 Å². The van der Waals surface area contributed by atoms with E-state index < -0.39 is 0 Å². The van der Waals surface area contributed by atoms with Crippen LogP contribution in [0.5, 0.6) is 11.5 Å². The maximum atomic E-state index is 12.4. The molecule has 0 radical (unpaired) electrons. The Bertz CT molecular complexity index is 968. The summed E-state index contributed by atoms with van der Waals surface area (Å²) in [6.45, 7) is 3.25. The van der Waals surface area contributed by atoms with Crippen LogP contribution in [0, 0.1) is 0 Å². The Morgan fingerprint density at radius 3 is 2.72 bits per heavy atom. The lowest BCUT2D eigenvalue weighted by Gasteiger charge is -2.16. The smallest absolute Gasteiger partial charge is 0.220 e. The van der Waals surface area contributed by atoms with E-state index in [-0.39, 0.29) is 11.9 Å². The molecule has 29 heavy (non-hydrogen) atoms. The van der Waals surface area contributed by atoms with Crippen LogP contribution < -0.4 is 14.8 Å². The molecule has 0 spiro atoms. The van der Waals surface area contributed by atoms with E-state index >= 15 is 0 Å². The molecule has 0 saturated carbocycles. The van der Waals surface area contributed by atoms with Gasteiger partial charge in [-0.3, -0.25) is 4.79 Å². The third kappa shape index (κ3) is 4.77. The SMILES string of the molecule is C[C@H](NC(=O)CCc1ncc(-c2ccccc2)o1)c1ccc2c(c1)OCCCO2. The number of aromatic nitrogens is 1. The Morgan fingerprint density at radius 2 is 1.90 bits per heavy atom. The van der Waals surface area contributed by atoms with Crippen molar-refractivity contribution < 1.29 is 18.7 Å². The molecule has 1 amide bonds. The quantitative estimate of drug-likeness (QED) is 0.677. The maximum Gasteiger partial charge on any atom is 0.220 e. The van der Waals surface area contributed by atoms with Crippen LogP contribution in [0.1, 0.15) is 37.3 Å². The highest BCUT2D eigenvalue weighted by molar-refractivity contribution is 5.76. The van der Waals surface area contributed by atoms with E-state index in [0.29, 0.717) is 37.7 Å². The molecule has 2 aromatic carbocycles. The van der Waals surface area contributed by atoms with E-state index in [1.807, 2.05) is 55.5 Å². The van der Waals surface area contributed by atoms with Crippen molar-refractivity contribution in [1.29, 1.82) is 0 Å². The number of carbonyl (C=O) groups is 1. The summed E-state index contributed by atoms with van der Waals surface area (Å²) in [6.07, 6.45) is 3.32. The predicted molar refractivity (Wildman–Crippen MR) is 109 cm³/mol. The Balaban J connectivity index is 1.32. The molecule has 0 bridgehead atoms. The summed E-state index contributed by atoms with van der Waals surface area (Å²) in [5.74, 6) is 2.70. The van der Waals surface area contributed by atoms with Crippen LogP contribution >= 0.6 is 0 Å². The maximum absolute atomic E-state index is 12.4. The van der Waals surface area contributed by atoms with Crippen molar-refractivity contribution in [1.82, 2.24) is 10.3 Å². The highest BCUT2D eigenvalue weighted by Gasteiger charge is 2.16. The summed E-state index contributed by atoms with van der Waals surface area (Å²) in [4.78, 5) is 16.7. The van der Waals surface area contributed by atoms with Crippen molar-refractivity contribution in [2.45, 2.75) is 32.2 Å². The fourth-order valence-corrected chi connectivity index (χ4v) is 3.23. The molecule has 3 aromatic rings. The number of benzene rings is 2. The first-order valence-electron chi connectivity index (χ1n) is 9.88. The Kier molecular flexibility index (Phi) is 5.79. The molecule has 0 unspecified atom stereocenters. The van der Waals surface area contributed by atoms with Gasteiger partial charge in [0.15, 0.2) is 23.1 Å². The molecule has 0 aliphatic carbocycles. The van der Waals surface area contributed by atoms with Gasteiger partial charge in [-0.15, -0.1) is 0 Å². The lowest BCUT2D eigenvalue weighted by atomic mass is 10.1. The number of rotatable bonds is 6. The summed E-state index contributed by atoms with van der Waals surface area (Å²) in [7, 11) is 0. The van der Waals surface area contributed by atoms with Gasteiger partial charge in [0.2, 0.25) is 5.91 Å². The molecule has 0 fully saturated rings. The third-order valence-electron chi connectivity index (χ3n) is 4.83. The molecule has 6 heteroatoms. The number of amides is 1. The summed E-state index contributed by atoms with van der Waals surface area (Å²) in [5.41, 5.74) is 1.95. The number of fused-ring (bicyclic) bond motifs is 1. The van der Waals surface area contributed by atoms with Crippen molar-refractivity contribution in [3.05, 3.63) is 66.2 Å². The van der Waals surface area contributed by atoms with Gasteiger partial charge in [-0.2, -0.15) is 0 Å². The highest BCUT2D eigenvalue weighted by atomic mass is 16.5. The number of nitrogens with zero attached hydrogens (tertiary/aromatic N) is 1. The van der Waals surface area contributed by atoms with Gasteiger partial charge >= 0.3 is 0 Å². The number of hydrogen-bond donors (Lipinski definition) is 1. The molecule has 1 aliphatic heterocycles. The molecule has 0 saturated heterocycles. The van der Waals surface area contributed by atoms with Crippen molar-refractivity contribution in [3.8, 4) is 22.8 Å². The zero-order valence-electron chi connectivity index (χ0n) is 16.4. The summed E-state index contributed by atoms with van der Waals surface area (Å²) >= 11 is 0. The second-order valence-corrected chi connectivity index (χ2v) is 7.03. The summed E-state index contributed by atoms with van der Waals surface area (Å²) < 4.78 is 17.1. The van der Waals surface area contributed by atoms with Gasteiger partial charge in [-0.05, 0) is 24.6 Å². The zero-order chi connectivity index (χ0) is 20.1. The molecule has 6 nitrogen and oxygen atoms in total. The first-order chi connectivity index (χ1) is 14.2. The number of hydrogen-bond acceptors (Lipinski definition) is 5. The minimum atomic E-state index is -0.135. The predicted octanol–water partition coefficient (Wildman–Crippen LogP) is 4.31. The third-order valence-corrected chi connectivity index (χ3v) is 4.83. The van der Waals surface area contributed by atoms with Crippen LogP contribution in [0.15, 0.2) is 59.1 Å². The van der Waals surface area contributed by atoms with Gasteiger partial charge in [-0.25, -0.2) is 4.98 Å². The fraction of sp³-hybridized carbons (Fsp3) is 0.304. The number of aryl methyl sites for hydroxylation is 1. The van der Waals surface area contributed by atoms with E-state index in [1.54, 1.807) is 6.20 Å². The molecule has 1 aromatic heterocycles. The highest BCUT2D eigenvalue weighted by Crippen LogP contribution is 2.32. The molecular weight excluding hydrogens is 368 g/mol. The molecule has 1 N–H and O–H groups in total. The molecule has 2 heterocycles. The summed E-state index contributed by atoms with van der Waals surface area (Å²) in [5, 5.41) is 3.02. The number of nitrogens with one attached hydrogen (secondary N) is 1. The minimum absolute atomic E-state index is 0.0518. The first kappa shape index (κ1) is 19.1. The van der Waals surface area contributed by atoms with Crippen LogP contribution in [0.4, 0.5) is 0 Å². The van der Waals surface area contributed by atoms with Crippen LogP contribution in [0.25, 0.3) is 11.3 Å². The lowest BCUT2D eigenvalue weighted by molar-refractivity contribution is -0.121. The van der Waals surface area contributed by atoms with Gasteiger partial charge in [0, 0.05) is 24.8 Å². The van der Waals surface area contributed by atoms with Crippen LogP contribution in [0.3, 0.4) is 0 Å². The van der Waals surface area contributed by atoms with Crippen molar-refractivity contribution in [2.75, 3.05) is 13.2 Å². The van der Waals surface area contributed by atoms with Gasteiger partial charge < -0.3 is 19.2 Å². The topological polar surface area (TPSA) is 73.6 Å². The number of ether oxygens (including phenoxy) is 2. The fourth-order valence-electron chi connectivity index (χ4n) is 3.23. The monoisotopic (exact) mass is 392 g/mol. The molecule has 1 atom stereocenters. The van der Waals surface area contributed by atoms with E-state index in [4.69, 9.17) is 13.9 Å². The van der Waals surface area contributed by atoms with Crippen LogP contribution in [-0.4, -0.2) is 24.1 Å². The van der Waals surface area contributed by atoms with E-state index in [2.05, 4.69) is 10.3 Å². The molecule has 4 rings (SSSR count). The summed E-state index contributed by atoms with van der Waals surface area (Å²) in [6, 6.07) is 15.4. The van der Waals surface area contributed by atoms with Gasteiger partial charge in [-0.1, -0.05) is 36.4 Å².